The van der Waals surface area contributed by atoms with Gasteiger partial charge in [0.05, 0.1) is 17.1 Å². The molecule has 7 nitrogen and oxygen atoms in total. The summed E-state index contributed by atoms with van der Waals surface area (Å²) >= 11 is 0. The highest BCUT2D eigenvalue weighted by molar-refractivity contribution is 7.91. The number of nitrogens with one attached hydrogen (secondary N) is 1. The number of hydrogen-bond donors (Lipinski definition) is 1. The maximum Gasteiger partial charge on any atom is 0.223 e. The highest BCUT2D eigenvalue weighted by atomic mass is 32.2. The zero-order valence-corrected chi connectivity index (χ0v) is 14.1. The number of pyridine rings is 1. The van der Waals surface area contributed by atoms with Crippen molar-refractivity contribution in [3.05, 3.63) is 23.9 Å². The van der Waals surface area contributed by atoms with Gasteiger partial charge in [-0.2, -0.15) is 5.26 Å². The first-order valence-electron chi connectivity index (χ1n) is 8.09. The molecule has 8 heteroatoms. The molecule has 1 N–H and O–H groups in total. The molecule has 0 unspecified atom stereocenters. The van der Waals surface area contributed by atoms with Gasteiger partial charge in [0, 0.05) is 31.2 Å². The number of hydrogen-bond acceptors (Lipinski definition) is 6. The molecule has 1 amide bonds. The van der Waals surface area contributed by atoms with Gasteiger partial charge in [0.2, 0.25) is 5.91 Å². The van der Waals surface area contributed by atoms with Gasteiger partial charge in [0.25, 0.3) is 0 Å². The first-order chi connectivity index (χ1) is 11.5. The summed E-state index contributed by atoms with van der Waals surface area (Å²) in [5.74, 6) is 0.926. The van der Waals surface area contributed by atoms with Crippen molar-refractivity contribution in [2.75, 3.05) is 29.5 Å². The Labute approximate surface area is 141 Å². The summed E-state index contributed by atoms with van der Waals surface area (Å²) in [6.07, 6.45) is 3.50. The van der Waals surface area contributed by atoms with Crippen molar-refractivity contribution >= 4 is 21.6 Å². The number of carbonyl (C=O) groups is 1. The van der Waals surface area contributed by atoms with Gasteiger partial charge in [0.15, 0.2) is 9.84 Å². The second-order valence-corrected chi connectivity index (χ2v) is 8.62. The molecule has 0 aromatic carbocycles. The molecule has 1 aromatic heterocycles. The third-order valence-electron chi connectivity index (χ3n) is 4.65. The van der Waals surface area contributed by atoms with Crippen LogP contribution in [0.3, 0.4) is 0 Å². The standard InChI is InChI=1S/C16H20N4O3S/c17-9-12-1-2-15(18-10-12)20-6-3-13(4-7-20)16(21)19-14-5-8-24(22,23)11-14/h1-2,10,13-14H,3-8,11H2,(H,19,21)/t14-/m0/s1. The molecule has 3 rings (SSSR count). The van der Waals surface area contributed by atoms with Crippen LogP contribution in [0.1, 0.15) is 24.8 Å². The molecule has 2 saturated heterocycles. The van der Waals surface area contributed by atoms with Gasteiger partial charge in [-0.05, 0) is 31.4 Å². The smallest absolute Gasteiger partial charge is 0.223 e. The summed E-state index contributed by atoms with van der Waals surface area (Å²) in [5, 5.41) is 11.7. The number of aromatic nitrogens is 1. The van der Waals surface area contributed by atoms with Crippen molar-refractivity contribution in [3.8, 4) is 6.07 Å². The first kappa shape index (κ1) is 16.7. The number of carbonyl (C=O) groups excluding carboxylic acids is 1. The van der Waals surface area contributed by atoms with Gasteiger partial charge in [-0.3, -0.25) is 4.79 Å². The Morgan fingerprint density at radius 1 is 1.29 bits per heavy atom. The van der Waals surface area contributed by atoms with E-state index in [9.17, 15) is 13.2 Å². The molecule has 2 fully saturated rings. The molecule has 1 atom stereocenters. The minimum absolute atomic E-state index is 0.0375. The number of rotatable bonds is 3. The molecule has 0 radical (unpaired) electrons. The van der Waals surface area contributed by atoms with E-state index in [1.807, 2.05) is 12.1 Å². The van der Waals surface area contributed by atoms with Crippen molar-refractivity contribution < 1.29 is 13.2 Å². The van der Waals surface area contributed by atoms with E-state index in [2.05, 4.69) is 15.2 Å². The van der Waals surface area contributed by atoms with Crippen LogP contribution in [0.5, 0.6) is 0 Å². The summed E-state index contributed by atoms with van der Waals surface area (Å²) < 4.78 is 22.9. The van der Waals surface area contributed by atoms with Gasteiger partial charge in [0.1, 0.15) is 11.9 Å². The van der Waals surface area contributed by atoms with Gasteiger partial charge in [-0.25, -0.2) is 13.4 Å². The molecule has 2 aliphatic rings. The average molecular weight is 348 g/mol. The van der Waals surface area contributed by atoms with Crippen molar-refractivity contribution in [1.29, 1.82) is 5.26 Å². The zero-order chi connectivity index (χ0) is 17.2. The predicted octanol–water partition coefficient (Wildman–Crippen LogP) is 0.473. The summed E-state index contributed by atoms with van der Waals surface area (Å²) in [6, 6.07) is 5.37. The minimum atomic E-state index is -2.98. The largest absolute Gasteiger partial charge is 0.357 e. The van der Waals surface area contributed by atoms with E-state index < -0.39 is 9.84 Å². The van der Waals surface area contributed by atoms with Gasteiger partial charge < -0.3 is 10.2 Å². The number of amides is 1. The molecule has 2 aliphatic heterocycles. The Bertz CT molecular complexity index is 747. The number of nitriles is 1. The molecule has 3 heterocycles. The summed E-state index contributed by atoms with van der Waals surface area (Å²) in [7, 11) is -2.98. The Morgan fingerprint density at radius 3 is 2.58 bits per heavy atom. The second kappa shape index (κ2) is 6.77. The fraction of sp³-hybridized carbons (Fsp3) is 0.562. The van der Waals surface area contributed by atoms with Crippen LogP contribution in [0.4, 0.5) is 5.82 Å². The van der Waals surface area contributed by atoms with E-state index in [0.717, 1.165) is 18.9 Å². The lowest BCUT2D eigenvalue weighted by Gasteiger charge is -2.32. The van der Waals surface area contributed by atoms with Crippen LogP contribution >= 0.6 is 0 Å². The van der Waals surface area contributed by atoms with Crippen LogP contribution in [0, 0.1) is 17.2 Å². The van der Waals surface area contributed by atoms with E-state index >= 15 is 0 Å². The molecule has 1 aromatic rings. The number of sulfone groups is 1. The Hall–Kier alpha value is -2.14. The van der Waals surface area contributed by atoms with Crippen LogP contribution in [0.25, 0.3) is 0 Å². The van der Waals surface area contributed by atoms with E-state index in [1.54, 1.807) is 12.3 Å². The molecule has 24 heavy (non-hydrogen) atoms. The minimum Gasteiger partial charge on any atom is -0.357 e. The molecule has 0 aliphatic carbocycles. The van der Waals surface area contributed by atoms with Crippen LogP contribution in [-0.4, -0.2) is 49.9 Å². The number of nitrogens with zero attached hydrogens (tertiary/aromatic N) is 3. The monoisotopic (exact) mass is 348 g/mol. The van der Waals surface area contributed by atoms with Gasteiger partial charge in [-0.15, -0.1) is 0 Å². The first-order valence-corrected chi connectivity index (χ1v) is 9.91. The maximum atomic E-state index is 12.3. The van der Waals surface area contributed by atoms with Crippen LogP contribution in [-0.2, 0) is 14.6 Å². The predicted molar refractivity (Wildman–Crippen MR) is 89.1 cm³/mol. The van der Waals surface area contributed by atoms with E-state index in [-0.39, 0.29) is 29.4 Å². The van der Waals surface area contributed by atoms with Crippen molar-refractivity contribution in [2.24, 2.45) is 5.92 Å². The normalized spacial score (nSPS) is 23.6. The van der Waals surface area contributed by atoms with Gasteiger partial charge in [-0.1, -0.05) is 0 Å². The fourth-order valence-electron chi connectivity index (χ4n) is 3.24. The zero-order valence-electron chi connectivity index (χ0n) is 13.3. The Kier molecular flexibility index (Phi) is 4.71. The lowest BCUT2D eigenvalue weighted by molar-refractivity contribution is -0.126. The number of piperidine rings is 1. The number of anilines is 1. The van der Waals surface area contributed by atoms with Crippen LogP contribution < -0.4 is 10.2 Å². The summed E-state index contributed by atoms with van der Waals surface area (Å²) in [4.78, 5) is 18.7. The molecule has 0 saturated carbocycles. The SMILES string of the molecule is N#Cc1ccc(N2CCC(C(=O)N[C@H]3CCS(=O)(=O)C3)CC2)nc1. The molecular weight excluding hydrogens is 328 g/mol. The average Bonchev–Trinajstić information content (AvgIpc) is 2.93. The third-order valence-corrected chi connectivity index (χ3v) is 6.41. The lowest BCUT2D eigenvalue weighted by Crippen LogP contribution is -2.44. The van der Waals surface area contributed by atoms with Crippen molar-refractivity contribution in [2.45, 2.75) is 25.3 Å². The van der Waals surface area contributed by atoms with Crippen LogP contribution in [0.15, 0.2) is 18.3 Å². The maximum absolute atomic E-state index is 12.3. The van der Waals surface area contributed by atoms with Crippen molar-refractivity contribution in [3.63, 3.8) is 0 Å². The fourth-order valence-corrected chi connectivity index (χ4v) is 4.91. The summed E-state index contributed by atoms with van der Waals surface area (Å²) in [5.41, 5.74) is 0.527. The van der Waals surface area contributed by atoms with Crippen molar-refractivity contribution in [1.82, 2.24) is 10.3 Å². The highest BCUT2D eigenvalue weighted by Crippen LogP contribution is 2.23. The lowest BCUT2D eigenvalue weighted by atomic mass is 9.95. The topological polar surface area (TPSA) is 103 Å². The van der Waals surface area contributed by atoms with E-state index in [0.29, 0.717) is 24.8 Å². The Balaban J connectivity index is 1.51. The quantitative estimate of drug-likeness (QED) is 0.852. The summed E-state index contributed by atoms with van der Waals surface area (Å²) in [6.45, 7) is 1.44. The molecule has 128 valence electrons. The molecule has 0 spiro atoms. The molecule has 0 bridgehead atoms. The van der Waals surface area contributed by atoms with E-state index in [1.165, 1.54) is 0 Å². The van der Waals surface area contributed by atoms with Gasteiger partial charge >= 0.3 is 0 Å². The highest BCUT2D eigenvalue weighted by Gasteiger charge is 2.32. The Morgan fingerprint density at radius 2 is 2.04 bits per heavy atom. The second-order valence-electron chi connectivity index (χ2n) is 6.39. The molecular formula is C16H20N4O3S. The third kappa shape index (κ3) is 3.85. The van der Waals surface area contributed by atoms with E-state index in [4.69, 9.17) is 5.26 Å². The van der Waals surface area contributed by atoms with Crippen LogP contribution in [0.2, 0.25) is 0 Å².